The first-order valence-corrected chi connectivity index (χ1v) is 6.21. The van der Waals surface area contributed by atoms with Crippen LogP contribution in [0.4, 0.5) is 0 Å². The predicted octanol–water partition coefficient (Wildman–Crippen LogP) is 3.64. The van der Waals surface area contributed by atoms with Crippen LogP contribution in [0.3, 0.4) is 0 Å². The second-order valence-corrected chi connectivity index (χ2v) is 4.64. The predicted molar refractivity (Wildman–Crippen MR) is 63.2 cm³/mol. The summed E-state index contributed by atoms with van der Waals surface area (Å²) in [4.78, 5) is 0. The Morgan fingerprint density at radius 3 is 2.79 bits per heavy atom. The largest absolute Gasteiger partial charge is 0.327 e. The average molecular weight is 195 g/mol. The van der Waals surface area contributed by atoms with E-state index in [4.69, 9.17) is 5.73 Å². The van der Waals surface area contributed by atoms with Crippen molar-refractivity contribution in [2.45, 2.75) is 64.8 Å². The van der Waals surface area contributed by atoms with Gasteiger partial charge in [0.25, 0.3) is 0 Å². The molecule has 0 bridgehead atoms. The maximum Gasteiger partial charge on any atom is 0.00791 e. The molecule has 1 nitrogen and oxygen atoms in total. The minimum Gasteiger partial charge on any atom is -0.327 e. The van der Waals surface area contributed by atoms with E-state index < -0.39 is 0 Å². The highest BCUT2D eigenvalue weighted by atomic mass is 14.6. The van der Waals surface area contributed by atoms with Crippen molar-refractivity contribution in [2.24, 2.45) is 11.7 Å². The van der Waals surface area contributed by atoms with Crippen LogP contribution < -0.4 is 5.73 Å². The van der Waals surface area contributed by atoms with Gasteiger partial charge in [-0.25, -0.2) is 0 Å². The monoisotopic (exact) mass is 195 g/mol. The molecule has 1 heteroatoms. The molecule has 2 unspecified atom stereocenters. The van der Waals surface area contributed by atoms with Crippen molar-refractivity contribution in [2.75, 3.05) is 0 Å². The van der Waals surface area contributed by atoms with Gasteiger partial charge in [-0.2, -0.15) is 0 Å². The summed E-state index contributed by atoms with van der Waals surface area (Å²) >= 11 is 0. The molecule has 1 rings (SSSR count). The maximum atomic E-state index is 5.90. The van der Waals surface area contributed by atoms with Gasteiger partial charge in [-0.1, -0.05) is 38.3 Å². The third-order valence-corrected chi connectivity index (χ3v) is 3.28. The lowest BCUT2D eigenvalue weighted by atomic mass is 9.96. The van der Waals surface area contributed by atoms with Crippen molar-refractivity contribution in [3.05, 3.63) is 11.6 Å². The first-order valence-electron chi connectivity index (χ1n) is 6.21. The molecule has 0 amide bonds. The van der Waals surface area contributed by atoms with Gasteiger partial charge in [0.15, 0.2) is 0 Å². The zero-order valence-electron chi connectivity index (χ0n) is 9.76. The van der Waals surface area contributed by atoms with Crippen LogP contribution >= 0.6 is 0 Å². The van der Waals surface area contributed by atoms with Crippen molar-refractivity contribution in [1.29, 1.82) is 0 Å². The summed E-state index contributed by atoms with van der Waals surface area (Å²) in [7, 11) is 0. The van der Waals surface area contributed by atoms with Gasteiger partial charge in [-0.05, 0) is 38.0 Å². The van der Waals surface area contributed by atoms with Gasteiger partial charge in [0.05, 0.1) is 0 Å². The molecular weight excluding hydrogens is 170 g/mol. The molecule has 14 heavy (non-hydrogen) atoms. The molecule has 0 radical (unpaired) electrons. The minimum absolute atomic E-state index is 0.449. The summed E-state index contributed by atoms with van der Waals surface area (Å²) < 4.78 is 0. The van der Waals surface area contributed by atoms with E-state index in [1.807, 2.05) is 0 Å². The van der Waals surface area contributed by atoms with E-state index in [0.717, 1.165) is 12.3 Å². The number of hydrogen-bond acceptors (Lipinski definition) is 1. The SMILES string of the molecule is CCCCC(C=C1CCC(N)C1)CC. The summed E-state index contributed by atoms with van der Waals surface area (Å²) in [5.74, 6) is 0.815. The molecule has 1 fully saturated rings. The van der Waals surface area contributed by atoms with Gasteiger partial charge in [0.2, 0.25) is 0 Å². The number of nitrogens with two attached hydrogens (primary N) is 1. The molecule has 0 aromatic rings. The van der Waals surface area contributed by atoms with Crippen molar-refractivity contribution in [1.82, 2.24) is 0 Å². The van der Waals surface area contributed by atoms with Crippen LogP contribution in [0.15, 0.2) is 11.6 Å². The Balaban J connectivity index is 2.37. The molecule has 0 aromatic heterocycles. The fourth-order valence-corrected chi connectivity index (χ4v) is 2.27. The Bertz CT molecular complexity index is 184. The van der Waals surface area contributed by atoms with E-state index in [2.05, 4.69) is 19.9 Å². The van der Waals surface area contributed by atoms with Crippen LogP contribution in [0.5, 0.6) is 0 Å². The molecule has 82 valence electrons. The molecule has 0 aliphatic heterocycles. The smallest absolute Gasteiger partial charge is 0.00791 e. The Kier molecular flexibility index (Phi) is 5.24. The van der Waals surface area contributed by atoms with Crippen LogP contribution in [-0.2, 0) is 0 Å². The quantitative estimate of drug-likeness (QED) is 0.666. The van der Waals surface area contributed by atoms with Gasteiger partial charge in [-0.3, -0.25) is 0 Å². The molecule has 1 aliphatic carbocycles. The van der Waals surface area contributed by atoms with Crippen molar-refractivity contribution < 1.29 is 0 Å². The summed E-state index contributed by atoms with van der Waals surface area (Å²) in [6.45, 7) is 4.57. The van der Waals surface area contributed by atoms with Gasteiger partial charge in [-0.15, -0.1) is 0 Å². The van der Waals surface area contributed by atoms with E-state index in [1.54, 1.807) is 5.57 Å². The van der Waals surface area contributed by atoms with Crippen LogP contribution in [-0.4, -0.2) is 6.04 Å². The topological polar surface area (TPSA) is 26.0 Å². The highest BCUT2D eigenvalue weighted by Gasteiger charge is 2.16. The molecule has 0 spiro atoms. The summed E-state index contributed by atoms with van der Waals surface area (Å²) in [5, 5.41) is 0. The summed E-state index contributed by atoms with van der Waals surface area (Å²) in [5.41, 5.74) is 7.53. The molecule has 1 aliphatic rings. The van der Waals surface area contributed by atoms with Crippen LogP contribution in [0.2, 0.25) is 0 Å². The van der Waals surface area contributed by atoms with E-state index in [1.165, 1.54) is 38.5 Å². The second-order valence-electron chi connectivity index (χ2n) is 4.64. The van der Waals surface area contributed by atoms with Gasteiger partial charge in [0.1, 0.15) is 0 Å². The summed E-state index contributed by atoms with van der Waals surface area (Å²) in [6, 6.07) is 0.449. The lowest BCUT2D eigenvalue weighted by Gasteiger charge is -2.10. The van der Waals surface area contributed by atoms with Crippen molar-refractivity contribution >= 4 is 0 Å². The molecule has 0 heterocycles. The molecule has 0 saturated heterocycles. The second kappa shape index (κ2) is 6.23. The number of unbranched alkanes of at least 4 members (excludes halogenated alkanes) is 1. The van der Waals surface area contributed by atoms with Crippen LogP contribution in [0, 0.1) is 5.92 Å². The molecule has 0 aromatic carbocycles. The standard InChI is InChI=1S/C13H25N/c1-3-5-6-11(4-2)9-12-7-8-13(14)10-12/h9,11,13H,3-8,10,14H2,1-2H3. The van der Waals surface area contributed by atoms with Gasteiger partial charge < -0.3 is 5.73 Å². The van der Waals surface area contributed by atoms with E-state index in [0.29, 0.717) is 6.04 Å². The average Bonchev–Trinajstić information content (AvgIpc) is 2.58. The van der Waals surface area contributed by atoms with Crippen molar-refractivity contribution in [3.63, 3.8) is 0 Å². The van der Waals surface area contributed by atoms with Crippen molar-refractivity contribution in [3.8, 4) is 0 Å². The Morgan fingerprint density at radius 2 is 2.29 bits per heavy atom. The molecule has 1 saturated carbocycles. The maximum absolute atomic E-state index is 5.90. The normalized spacial score (nSPS) is 27.1. The Labute approximate surface area is 88.8 Å². The van der Waals surface area contributed by atoms with E-state index in [-0.39, 0.29) is 0 Å². The minimum atomic E-state index is 0.449. The number of allylic oxidation sites excluding steroid dienone is 1. The Morgan fingerprint density at radius 1 is 1.50 bits per heavy atom. The van der Waals surface area contributed by atoms with Crippen LogP contribution in [0.25, 0.3) is 0 Å². The lowest BCUT2D eigenvalue weighted by Crippen LogP contribution is -2.13. The third-order valence-electron chi connectivity index (χ3n) is 3.28. The lowest BCUT2D eigenvalue weighted by molar-refractivity contribution is 0.536. The third kappa shape index (κ3) is 3.83. The summed E-state index contributed by atoms with van der Waals surface area (Å²) in [6.07, 6.45) is 11.5. The zero-order chi connectivity index (χ0) is 10.4. The molecule has 2 N–H and O–H groups in total. The van der Waals surface area contributed by atoms with Gasteiger partial charge in [0, 0.05) is 6.04 Å². The highest BCUT2D eigenvalue weighted by molar-refractivity contribution is 5.11. The van der Waals surface area contributed by atoms with E-state index in [9.17, 15) is 0 Å². The fourth-order valence-electron chi connectivity index (χ4n) is 2.27. The number of hydrogen-bond donors (Lipinski definition) is 1. The highest BCUT2D eigenvalue weighted by Crippen LogP contribution is 2.26. The van der Waals surface area contributed by atoms with Gasteiger partial charge >= 0.3 is 0 Å². The molecule has 2 atom stereocenters. The first kappa shape index (κ1) is 11.8. The van der Waals surface area contributed by atoms with E-state index >= 15 is 0 Å². The Hall–Kier alpha value is -0.300. The zero-order valence-corrected chi connectivity index (χ0v) is 9.76. The fraction of sp³-hybridized carbons (Fsp3) is 0.846. The number of rotatable bonds is 5. The first-order chi connectivity index (χ1) is 6.76. The van der Waals surface area contributed by atoms with Crippen LogP contribution in [0.1, 0.15) is 58.8 Å². The molecular formula is C13H25N.